The van der Waals surface area contributed by atoms with Gasteiger partial charge < -0.3 is 0 Å². The van der Waals surface area contributed by atoms with Gasteiger partial charge in [-0.05, 0) is 12.5 Å². The van der Waals surface area contributed by atoms with Crippen LogP contribution < -0.4 is 0 Å². The maximum Gasteiger partial charge on any atom is 0.127 e. The SMILES string of the molecule is SC1=NC2=CC=CCC2S1. The highest BCUT2D eigenvalue weighted by Gasteiger charge is 2.22. The Labute approximate surface area is 69.7 Å². The zero-order valence-corrected chi connectivity index (χ0v) is 7.03. The predicted octanol–water partition coefficient (Wildman–Crippen LogP) is 2.23. The highest BCUT2D eigenvalue weighted by atomic mass is 32.2. The minimum Gasteiger partial charge on any atom is -0.239 e. The summed E-state index contributed by atoms with van der Waals surface area (Å²) in [6.07, 6.45) is 7.39. The fraction of sp³-hybridized carbons (Fsp3) is 0.286. The number of aliphatic imine (C=N–C) groups is 1. The van der Waals surface area contributed by atoms with Crippen LogP contribution >= 0.6 is 24.4 Å². The highest BCUT2D eigenvalue weighted by Crippen LogP contribution is 2.35. The molecule has 1 atom stereocenters. The van der Waals surface area contributed by atoms with Crippen LogP contribution in [0.5, 0.6) is 0 Å². The van der Waals surface area contributed by atoms with Gasteiger partial charge in [-0.25, -0.2) is 4.99 Å². The van der Waals surface area contributed by atoms with Crippen molar-refractivity contribution < 1.29 is 0 Å². The van der Waals surface area contributed by atoms with Crippen molar-refractivity contribution >= 4 is 28.8 Å². The normalized spacial score (nSPS) is 29.5. The number of fused-ring (bicyclic) bond motifs is 1. The molecule has 1 aliphatic heterocycles. The smallest absolute Gasteiger partial charge is 0.127 e. The average Bonchev–Trinajstić information content (AvgIpc) is 2.27. The molecule has 1 heterocycles. The summed E-state index contributed by atoms with van der Waals surface area (Å²) in [4.78, 5) is 4.26. The molecule has 0 fully saturated rings. The third kappa shape index (κ3) is 1.04. The standard InChI is InChI=1S/C7H7NS2/c9-7-8-5-3-1-2-4-6(5)10-7/h1-3,6H,4H2,(H,8,9). The summed E-state index contributed by atoms with van der Waals surface area (Å²) in [7, 11) is 0. The minimum atomic E-state index is 0.553. The van der Waals surface area contributed by atoms with E-state index in [2.05, 4.69) is 35.8 Å². The molecule has 0 radical (unpaired) electrons. The topological polar surface area (TPSA) is 12.4 Å². The largest absolute Gasteiger partial charge is 0.239 e. The zero-order valence-electron chi connectivity index (χ0n) is 5.32. The fourth-order valence-corrected chi connectivity index (χ4v) is 2.45. The highest BCUT2D eigenvalue weighted by molar-refractivity contribution is 8.33. The first-order valence-electron chi connectivity index (χ1n) is 3.17. The number of allylic oxidation sites excluding steroid dienone is 3. The van der Waals surface area contributed by atoms with Crippen LogP contribution in [0.4, 0.5) is 0 Å². The first-order chi connectivity index (χ1) is 4.86. The van der Waals surface area contributed by atoms with Gasteiger partial charge >= 0.3 is 0 Å². The molecule has 1 aliphatic carbocycles. The molecule has 1 unspecified atom stereocenters. The Kier molecular flexibility index (Phi) is 1.62. The minimum absolute atomic E-state index is 0.553. The molecule has 2 aliphatic rings. The molecule has 0 spiro atoms. The Bertz CT molecular complexity index is 240. The van der Waals surface area contributed by atoms with Crippen molar-refractivity contribution in [3.8, 4) is 0 Å². The first kappa shape index (κ1) is 6.55. The molecule has 0 N–H and O–H groups in total. The second-order valence-corrected chi connectivity index (χ2v) is 4.17. The molecule has 0 amide bonds. The lowest BCUT2D eigenvalue weighted by molar-refractivity contribution is 0.982. The summed E-state index contributed by atoms with van der Waals surface area (Å²) in [6.45, 7) is 0. The van der Waals surface area contributed by atoms with Crippen molar-refractivity contribution in [2.75, 3.05) is 0 Å². The van der Waals surface area contributed by atoms with Crippen molar-refractivity contribution in [1.29, 1.82) is 0 Å². The van der Waals surface area contributed by atoms with Crippen molar-refractivity contribution in [2.45, 2.75) is 11.7 Å². The molecule has 0 aromatic heterocycles. The van der Waals surface area contributed by atoms with E-state index in [-0.39, 0.29) is 0 Å². The molecule has 0 saturated carbocycles. The first-order valence-corrected chi connectivity index (χ1v) is 4.50. The lowest BCUT2D eigenvalue weighted by Crippen LogP contribution is -2.01. The Hall–Kier alpha value is -0.150. The third-order valence-corrected chi connectivity index (χ3v) is 2.99. The van der Waals surface area contributed by atoms with Crippen LogP contribution in [-0.4, -0.2) is 9.63 Å². The van der Waals surface area contributed by atoms with Gasteiger partial charge in [-0.15, -0.1) is 12.6 Å². The van der Waals surface area contributed by atoms with E-state index in [1.807, 2.05) is 0 Å². The predicted molar refractivity (Wildman–Crippen MR) is 49.6 cm³/mol. The van der Waals surface area contributed by atoms with Gasteiger partial charge in [0.2, 0.25) is 0 Å². The van der Waals surface area contributed by atoms with Gasteiger partial charge in [-0.3, -0.25) is 0 Å². The van der Waals surface area contributed by atoms with Crippen LogP contribution in [-0.2, 0) is 0 Å². The molecule has 10 heavy (non-hydrogen) atoms. The van der Waals surface area contributed by atoms with E-state index < -0.39 is 0 Å². The van der Waals surface area contributed by atoms with E-state index >= 15 is 0 Å². The maximum atomic E-state index is 4.26. The number of rotatable bonds is 0. The van der Waals surface area contributed by atoms with Crippen molar-refractivity contribution in [1.82, 2.24) is 0 Å². The maximum absolute atomic E-state index is 4.26. The molecular weight excluding hydrogens is 162 g/mol. The summed E-state index contributed by atoms with van der Waals surface area (Å²) in [6, 6.07) is 0. The van der Waals surface area contributed by atoms with Gasteiger partial charge in [0.15, 0.2) is 0 Å². The van der Waals surface area contributed by atoms with E-state index in [1.54, 1.807) is 11.8 Å². The lowest BCUT2D eigenvalue weighted by Gasteiger charge is -2.08. The van der Waals surface area contributed by atoms with Crippen LogP contribution in [0, 0.1) is 0 Å². The number of hydrogen-bond donors (Lipinski definition) is 1. The number of thioether (sulfide) groups is 1. The number of nitrogens with zero attached hydrogens (tertiary/aromatic N) is 1. The van der Waals surface area contributed by atoms with Crippen molar-refractivity contribution in [3.63, 3.8) is 0 Å². The molecule has 2 rings (SSSR count). The van der Waals surface area contributed by atoms with Crippen LogP contribution in [0.25, 0.3) is 0 Å². The fourth-order valence-electron chi connectivity index (χ4n) is 1.08. The Morgan fingerprint density at radius 1 is 1.70 bits per heavy atom. The van der Waals surface area contributed by atoms with Crippen LogP contribution in [0.1, 0.15) is 6.42 Å². The Balaban J connectivity index is 2.31. The second-order valence-electron chi connectivity index (χ2n) is 2.26. The van der Waals surface area contributed by atoms with E-state index in [9.17, 15) is 0 Å². The van der Waals surface area contributed by atoms with Gasteiger partial charge in [-0.2, -0.15) is 0 Å². The van der Waals surface area contributed by atoms with Gasteiger partial charge in [0, 0.05) is 0 Å². The van der Waals surface area contributed by atoms with Crippen LogP contribution in [0.3, 0.4) is 0 Å². The quantitative estimate of drug-likeness (QED) is 0.548. The number of hydrogen-bond acceptors (Lipinski definition) is 2. The second kappa shape index (κ2) is 2.47. The van der Waals surface area contributed by atoms with Crippen LogP contribution in [0.2, 0.25) is 0 Å². The van der Waals surface area contributed by atoms with Gasteiger partial charge in [0.05, 0.1) is 10.9 Å². The molecule has 3 heteroatoms. The van der Waals surface area contributed by atoms with Crippen LogP contribution in [0.15, 0.2) is 28.9 Å². The van der Waals surface area contributed by atoms with E-state index in [0.717, 1.165) is 10.8 Å². The molecule has 52 valence electrons. The average molecular weight is 169 g/mol. The summed E-state index contributed by atoms with van der Waals surface area (Å²) in [5.41, 5.74) is 1.18. The molecule has 0 bridgehead atoms. The molecule has 0 saturated heterocycles. The van der Waals surface area contributed by atoms with Gasteiger partial charge in [-0.1, -0.05) is 23.9 Å². The van der Waals surface area contributed by atoms with E-state index in [0.29, 0.717) is 5.25 Å². The molecule has 1 nitrogen and oxygen atoms in total. The molecule has 0 aromatic rings. The zero-order chi connectivity index (χ0) is 6.97. The molecule has 0 aromatic carbocycles. The molecular formula is C7H7NS2. The van der Waals surface area contributed by atoms with Crippen molar-refractivity contribution in [2.24, 2.45) is 4.99 Å². The van der Waals surface area contributed by atoms with Crippen molar-refractivity contribution in [3.05, 3.63) is 23.9 Å². The summed E-state index contributed by atoms with van der Waals surface area (Å²) < 4.78 is 0.903. The lowest BCUT2D eigenvalue weighted by atomic mass is 10.1. The van der Waals surface area contributed by atoms with E-state index in [4.69, 9.17) is 0 Å². The van der Waals surface area contributed by atoms with Gasteiger partial charge in [0.25, 0.3) is 0 Å². The van der Waals surface area contributed by atoms with Gasteiger partial charge in [0.1, 0.15) is 4.38 Å². The monoisotopic (exact) mass is 169 g/mol. The summed E-state index contributed by atoms with van der Waals surface area (Å²) >= 11 is 5.94. The Morgan fingerprint density at radius 3 is 3.40 bits per heavy atom. The third-order valence-electron chi connectivity index (χ3n) is 1.56. The van der Waals surface area contributed by atoms with E-state index in [1.165, 1.54) is 5.70 Å². The number of thiol groups is 1. The Morgan fingerprint density at radius 2 is 2.60 bits per heavy atom. The summed E-state index contributed by atoms with van der Waals surface area (Å²) in [5.74, 6) is 0. The summed E-state index contributed by atoms with van der Waals surface area (Å²) in [5, 5.41) is 0.553.